The molecule has 3 rings (SSSR count). The van der Waals surface area contributed by atoms with Crippen LogP contribution in [0.25, 0.3) is 23.3 Å². The fourth-order valence-electron chi connectivity index (χ4n) is 2.31. The molecular weight excluding hydrogens is 483 g/mol. The highest BCUT2D eigenvalue weighted by Crippen LogP contribution is 2.40. The monoisotopic (exact) mass is 491 g/mol. The summed E-state index contributed by atoms with van der Waals surface area (Å²) in [6, 6.07) is 18.0. The first-order chi connectivity index (χ1) is 13.1. The van der Waals surface area contributed by atoms with Crippen molar-refractivity contribution < 1.29 is 0 Å². The summed E-state index contributed by atoms with van der Waals surface area (Å²) in [6.45, 7) is 0. The first-order valence-corrected chi connectivity index (χ1v) is 10.1. The Morgan fingerprint density at radius 1 is 0.571 bits per heavy atom. The molecule has 0 saturated carbocycles. The first-order valence-electron chi connectivity index (χ1n) is 7.87. The topological polar surface area (TPSA) is 38.7 Å². The Labute approximate surface area is 192 Å². The lowest BCUT2D eigenvalue weighted by Gasteiger charge is -2.14. The first kappa shape index (κ1) is 21.6. The van der Waals surface area contributed by atoms with E-state index in [1.165, 1.54) is 0 Å². The maximum Gasteiger partial charge on any atom is 0.250 e. The molecule has 0 radical (unpaired) electrons. The molecule has 9 heteroatoms. The van der Waals surface area contributed by atoms with Crippen LogP contribution in [-0.4, -0.2) is 15.0 Å². The highest BCUT2D eigenvalue weighted by molar-refractivity contribution is 6.67. The standard InChI is InChI=1S/C19H11Cl6N3/c20-18(21,22)16-26-15(27-17(28-16)19(23,24)25)11-8-12-6-9-14(10-7-12)13-4-2-1-3-5-13/h1-11H. The molecule has 0 spiro atoms. The SMILES string of the molecule is ClC(Cl)(Cl)c1nc(C=Cc2ccc(-c3ccccc3)cc2)nc(C(Cl)(Cl)Cl)n1. The average Bonchev–Trinajstić information content (AvgIpc) is 2.66. The Morgan fingerprint density at radius 2 is 1.07 bits per heavy atom. The molecule has 0 N–H and O–H groups in total. The molecule has 0 aliphatic carbocycles. The van der Waals surface area contributed by atoms with E-state index in [-0.39, 0.29) is 17.5 Å². The van der Waals surface area contributed by atoms with Crippen LogP contribution < -0.4 is 0 Å². The third-order valence-corrected chi connectivity index (χ3v) is 4.62. The van der Waals surface area contributed by atoms with Gasteiger partial charge in [-0.15, -0.1) is 0 Å². The van der Waals surface area contributed by atoms with Gasteiger partial charge in [0.1, 0.15) is 0 Å². The molecule has 0 fully saturated rings. The van der Waals surface area contributed by atoms with E-state index < -0.39 is 7.59 Å². The van der Waals surface area contributed by atoms with Crippen LogP contribution >= 0.6 is 69.6 Å². The molecule has 0 unspecified atom stereocenters. The maximum atomic E-state index is 5.87. The van der Waals surface area contributed by atoms with Gasteiger partial charge in [0.2, 0.25) is 7.59 Å². The lowest BCUT2D eigenvalue weighted by Crippen LogP contribution is -2.16. The molecule has 144 valence electrons. The van der Waals surface area contributed by atoms with Gasteiger partial charge in [0.25, 0.3) is 0 Å². The van der Waals surface area contributed by atoms with Crippen molar-refractivity contribution in [3.63, 3.8) is 0 Å². The maximum absolute atomic E-state index is 5.87. The van der Waals surface area contributed by atoms with E-state index in [1.54, 1.807) is 12.2 Å². The van der Waals surface area contributed by atoms with E-state index in [2.05, 4.69) is 15.0 Å². The molecule has 0 bridgehead atoms. The third kappa shape index (κ3) is 5.73. The van der Waals surface area contributed by atoms with Crippen LogP contribution in [0.5, 0.6) is 0 Å². The largest absolute Gasteiger partial charge is 0.250 e. The summed E-state index contributed by atoms with van der Waals surface area (Å²) in [6.07, 6.45) is 3.42. The minimum Gasteiger partial charge on any atom is -0.209 e. The highest BCUT2D eigenvalue weighted by Gasteiger charge is 2.33. The number of halogens is 6. The van der Waals surface area contributed by atoms with Crippen molar-refractivity contribution >= 4 is 81.8 Å². The van der Waals surface area contributed by atoms with Gasteiger partial charge in [-0.3, -0.25) is 0 Å². The Balaban J connectivity index is 1.89. The van der Waals surface area contributed by atoms with Crippen molar-refractivity contribution in [1.29, 1.82) is 0 Å². The van der Waals surface area contributed by atoms with Crippen LogP contribution in [0.1, 0.15) is 23.0 Å². The lowest BCUT2D eigenvalue weighted by molar-refractivity contribution is 0.835. The molecule has 1 heterocycles. The molecule has 0 atom stereocenters. The van der Waals surface area contributed by atoms with Crippen LogP contribution in [0.3, 0.4) is 0 Å². The summed E-state index contributed by atoms with van der Waals surface area (Å²) in [5.41, 5.74) is 3.16. The smallest absolute Gasteiger partial charge is 0.209 e. The second-order valence-corrected chi connectivity index (χ2v) is 10.2. The van der Waals surface area contributed by atoms with E-state index in [4.69, 9.17) is 69.6 Å². The average molecular weight is 494 g/mol. The number of hydrogen-bond donors (Lipinski definition) is 0. The van der Waals surface area contributed by atoms with Crippen LogP contribution in [0, 0.1) is 0 Å². The molecule has 0 aliphatic heterocycles. The van der Waals surface area contributed by atoms with Gasteiger partial charge in [0.05, 0.1) is 0 Å². The van der Waals surface area contributed by atoms with Crippen molar-refractivity contribution in [2.45, 2.75) is 7.59 Å². The van der Waals surface area contributed by atoms with Gasteiger partial charge in [-0.1, -0.05) is 130 Å². The van der Waals surface area contributed by atoms with Gasteiger partial charge in [0.15, 0.2) is 17.5 Å². The number of alkyl halides is 6. The Bertz CT molecular complexity index is 945. The van der Waals surface area contributed by atoms with E-state index >= 15 is 0 Å². The second kappa shape index (κ2) is 8.74. The summed E-state index contributed by atoms with van der Waals surface area (Å²) in [5.74, 6) is -0.0643. The van der Waals surface area contributed by atoms with Gasteiger partial charge in [0, 0.05) is 0 Å². The zero-order valence-electron chi connectivity index (χ0n) is 14.0. The molecule has 0 amide bonds. The fraction of sp³-hybridized carbons (Fsp3) is 0.105. The third-order valence-electron chi connectivity index (χ3n) is 3.60. The quantitative estimate of drug-likeness (QED) is 0.358. The molecule has 2 aromatic carbocycles. The number of rotatable bonds is 3. The van der Waals surface area contributed by atoms with E-state index in [9.17, 15) is 0 Å². The van der Waals surface area contributed by atoms with Gasteiger partial charge < -0.3 is 0 Å². The Hall–Kier alpha value is -1.07. The molecule has 3 aromatic rings. The fourth-order valence-corrected chi connectivity index (χ4v) is 2.82. The Morgan fingerprint density at radius 3 is 1.57 bits per heavy atom. The van der Waals surface area contributed by atoms with Crippen molar-refractivity contribution in [2.24, 2.45) is 0 Å². The molecule has 0 aliphatic rings. The molecular formula is C19H11Cl6N3. The summed E-state index contributed by atoms with van der Waals surface area (Å²) in [7, 11) is 0. The van der Waals surface area contributed by atoms with Gasteiger partial charge >= 0.3 is 0 Å². The predicted octanol–water partition coefficient (Wildman–Crippen LogP) is 7.36. The zero-order valence-corrected chi connectivity index (χ0v) is 18.5. The summed E-state index contributed by atoms with van der Waals surface area (Å²) in [5, 5.41) is 0. The van der Waals surface area contributed by atoms with E-state index in [1.807, 2.05) is 54.6 Å². The number of aromatic nitrogens is 3. The summed E-state index contributed by atoms with van der Waals surface area (Å²) >= 11 is 35.2. The summed E-state index contributed by atoms with van der Waals surface area (Å²) in [4.78, 5) is 12.2. The van der Waals surface area contributed by atoms with Crippen molar-refractivity contribution in [3.05, 3.63) is 77.6 Å². The molecule has 28 heavy (non-hydrogen) atoms. The number of benzene rings is 2. The number of nitrogens with zero attached hydrogens (tertiary/aromatic N) is 3. The van der Waals surface area contributed by atoms with Crippen molar-refractivity contribution in [1.82, 2.24) is 15.0 Å². The summed E-state index contributed by atoms with van der Waals surface area (Å²) < 4.78 is -3.76. The predicted molar refractivity (Wildman–Crippen MR) is 119 cm³/mol. The molecule has 0 saturated heterocycles. The molecule has 3 nitrogen and oxygen atoms in total. The van der Waals surface area contributed by atoms with Crippen molar-refractivity contribution in [3.8, 4) is 11.1 Å². The molecule has 1 aromatic heterocycles. The van der Waals surface area contributed by atoms with Crippen molar-refractivity contribution in [2.75, 3.05) is 0 Å². The Kier molecular flexibility index (Phi) is 6.76. The number of hydrogen-bond acceptors (Lipinski definition) is 3. The lowest BCUT2D eigenvalue weighted by atomic mass is 10.0. The van der Waals surface area contributed by atoms with Gasteiger partial charge in [-0.25, -0.2) is 15.0 Å². The minimum atomic E-state index is -1.88. The van der Waals surface area contributed by atoms with E-state index in [0.717, 1.165) is 16.7 Å². The zero-order chi connectivity index (χ0) is 20.4. The van der Waals surface area contributed by atoms with Crippen LogP contribution in [0.15, 0.2) is 54.6 Å². The second-order valence-electron chi connectivity index (χ2n) is 5.66. The highest BCUT2D eigenvalue weighted by atomic mass is 35.6. The van der Waals surface area contributed by atoms with Crippen LogP contribution in [0.2, 0.25) is 0 Å². The van der Waals surface area contributed by atoms with E-state index in [0.29, 0.717) is 0 Å². The normalized spacial score (nSPS) is 12.5. The van der Waals surface area contributed by atoms with Crippen LogP contribution in [-0.2, 0) is 7.59 Å². The van der Waals surface area contributed by atoms with Crippen LogP contribution in [0.4, 0.5) is 0 Å². The van der Waals surface area contributed by atoms with Gasteiger partial charge in [-0.2, -0.15) is 0 Å². The van der Waals surface area contributed by atoms with Gasteiger partial charge in [-0.05, 0) is 22.8 Å². The minimum absolute atomic E-state index is 0.132.